The van der Waals surface area contributed by atoms with Crippen molar-refractivity contribution in [2.24, 2.45) is 0 Å². The minimum absolute atomic E-state index is 0.0155. The molecule has 2 heterocycles. The summed E-state index contributed by atoms with van der Waals surface area (Å²) in [6.45, 7) is 1.51. The Morgan fingerprint density at radius 1 is 0.795 bits per heavy atom. The van der Waals surface area contributed by atoms with Gasteiger partial charge in [0.2, 0.25) is 0 Å². The normalized spacial score (nSPS) is 19.2. The summed E-state index contributed by atoms with van der Waals surface area (Å²) in [5.41, 5.74) is 2.85. The van der Waals surface area contributed by atoms with Gasteiger partial charge in [0.15, 0.2) is 5.78 Å². The van der Waals surface area contributed by atoms with Crippen LogP contribution in [0.5, 0.6) is 46.0 Å². The van der Waals surface area contributed by atoms with Crippen molar-refractivity contribution in [1.29, 1.82) is 0 Å². The number of carbonyl (C=O) groups is 1. The number of phenolic OH excluding ortho intramolecular Hbond substituents is 6. The number of benzene rings is 4. The lowest BCUT2D eigenvalue weighted by Crippen LogP contribution is -2.22. The number of ether oxygens (including phenoxy) is 2. The zero-order valence-electron chi connectivity index (χ0n) is 23.6. The highest BCUT2D eigenvalue weighted by Crippen LogP contribution is 2.54. The first-order valence-electron chi connectivity index (χ1n) is 13.9. The van der Waals surface area contributed by atoms with Gasteiger partial charge in [-0.25, -0.2) is 0 Å². The van der Waals surface area contributed by atoms with Crippen molar-refractivity contribution in [2.75, 3.05) is 6.61 Å². The fourth-order valence-electron chi connectivity index (χ4n) is 5.89. The van der Waals surface area contributed by atoms with E-state index in [0.29, 0.717) is 28.0 Å². The van der Waals surface area contributed by atoms with Crippen molar-refractivity contribution < 1.29 is 50.0 Å². The molecule has 4 aromatic carbocycles. The van der Waals surface area contributed by atoms with E-state index in [-0.39, 0.29) is 70.6 Å². The molecular formula is C34H30O10. The highest BCUT2D eigenvalue weighted by atomic mass is 16.5. The number of phenols is 6. The Labute approximate surface area is 251 Å². The molecule has 0 aliphatic carbocycles. The maximum Gasteiger partial charge on any atom is 0.174 e. The quantitative estimate of drug-likeness (QED) is 0.143. The molecule has 10 nitrogen and oxygen atoms in total. The molecular weight excluding hydrogens is 568 g/mol. The first kappa shape index (κ1) is 28.8. The predicted molar refractivity (Wildman–Crippen MR) is 158 cm³/mol. The van der Waals surface area contributed by atoms with Crippen molar-refractivity contribution in [3.8, 4) is 46.0 Å². The average molecular weight is 599 g/mol. The highest BCUT2D eigenvalue weighted by molar-refractivity contribution is 6.03. The molecule has 0 amide bonds. The van der Waals surface area contributed by atoms with Gasteiger partial charge < -0.3 is 45.2 Å². The lowest BCUT2D eigenvalue weighted by molar-refractivity contribution is 0.0839. The number of Topliss-reactive ketones (excluding diaryl/α,β-unsaturated/α-hetero) is 1. The zero-order valence-corrected chi connectivity index (χ0v) is 23.6. The minimum Gasteiger partial charge on any atom is -0.508 e. The van der Waals surface area contributed by atoms with Crippen molar-refractivity contribution in [3.63, 3.8) is 0 Å². The van der Waals surface area contributed by atoms with Gasteiger partial charge in [0, 0.05) is 34.9 Å². The summed E-state index contributed by atoms with van der Waals surface area (Å²) < 4.78 is 12.5. The number of ketones is 1. The molecule has 0 saturated carbocycles. The zero-order chi connectivity index (χ0) is 31.3. The van der Waals surface area contributed by atoms with E-state index >= 15 is 0 Å². The van der Waals surface area contributed by atoms with E-state index in [2.05, 4.69) is 0 Å². The molecule has 6 rings (SSSR count). The Morgan fingerprint density at radius 3 is 2.18 bits per heavy atom. The number of aliphatic hydroxyl groups is 1. The molecule has 2 aliphatic heterocycles. The number of aliphatic hydroxyl groups excluding tert-OH is 1. The van der Waals surface area contributed by atoms with Crippen LogP contribution in [-0.2, 0) is 6.42 Å². The predicted octanol–water partition coefficient (Wildman–Crippen LogP) is 5.37. The van der Waals surface area contributed by atoms with Gasteiger partial charge in [-0.3, -0.25) is 4.79 Å². The SMILES string of the molecule is CC(=CCc1c(O)cc(O)c2c1OC(c1cc3c(cc1O)OC(c1ccc(O)cc1)C3c1cc(O)cc(O)c1)CC2=O)CO. The van der Waals surface area contributed by atoms with Crippen molar-refractivity contribution in [3.05, 3.63) is 106 Å². The Balaban J connectivity index is 1.45. The van der Waals surface area contributed by atoms with Gasteiger partial charge in [-0.1, -0.05) is 23.8 Å². The first-order valence-corrected chi connectivity index (χ1v) is 13.9. The van der Waals surface area contributed by atoms with Gasteiger partial charge in [0.25, 0.3) is 0 Å². The standard InChI is InChI=1S/C34H30O10/c1-16(15-35)2-7-22-25(39)12-27(41)32-28(42)14-29(44-34(22)32)23-11-24-30(13-26(23)40)43-33(17-3-5-19(36)6-4-17)31(24)18-8-20(37)10-21(38)9-18/h2-6,8-13,29,31,33,35-41H,7,14-15H2,1H3. The Kier molecular flexibility index (Phi) is 7.22. The van der Waals surface area contributed by atoms with Crippen LogP contribution in [-0.4, -0.2) is 48.1 Å². The molecule has 0 saturated heterocycles. The Hall–Kier alpha value is -5.35. The van der Waals surface area contributed by atoms with Gasteiger partial charge in [-0.2, -0.15) is 0 Å². The fraction of sp³-hybridized carbons (Fsp3) is 0.206. The van der Waals surface area contributed by atoms with Crippen molar-refractivity contribution >= 4 is 5.78 Å². The smallest absolute Gasteiger partial charge is 0.174 e. The lowest BCUT2D eigenvalue weighted by atomic mass is 9.83. The van der Waals surface area contributed by atoms with Gasteiger partial charge in [0.05, 0.1) is 18.9 Å². The Morgan fingerprint density at radius 2 is 1.50 bits per heavy atom. The van der Waals surface area contributed by atoms with E-state index in [1.807, 2.05) is 0 Å². The number of rotatable bonds is 6. The number of hydrogen-bond acceptors (Lipinski definition) is 10. The number of hydrogen-bond donors (Lipinski definition) is 7. The summed E-state index contributed by atoms with van der Waals surface area (Å²) in [7, 11) is 0. The maximum atomic E-state index is 13.4. The van der Waals surface area contributed by atoms with E-state index in [4.69, 9.17) is 9.47 Å². The molecule has 0 spiro atoms. The molecule has 0 fully saturated rings. The molecule has 7 N–H and O–H groups in total. The summed E-state index contributed by atoms with van der Waals surface area (Å²) in [5.74, 6) is -1.91. The number of carbonyl (C=O) groups excluding carboxylic acids is 1. The van der Waals surface area contributed by atoms with Crippen LogP contribution in [0.4, 0.5) is 0 Å². The average Bonchev–Trinajstić information content (AvgIpc) is 3.33. The van der Waals surface area contributed by atoms with Crippen LogP contribution in [0.25, 0.3) is 0 Å². The summed E-state index contributed by atoms with van der Waals surface area (Å²) in [6.07, 6.45) is -0.107. The monoisotopic (exact) mass is 598 g/mol. The molecule has 0 aromatic heterocycles. The molecule has 44 heavy (non-hydrogen) atoms. The van der Waals surface area contributed by atoms with E-state index in [1.54, 1.807) is 31.2 Å². The van der Waals surface area contributed by atoms with Crippen LogP contribution in [0.2, 0.25) is 0 Å². The second-order valence-electron chi connectivity index (χ2n) is 11.1. The summed E-state index contributed by atoms with van der Waals surface area (Å²) in [4.78, 5) is 13.4. The largest absolute Gasteiger partial charge is 0.508 e. The number of aromatic hydroxyl groups is 6. The first-order chi connectivity index (χ1) is 21.0. The molecule has 0 bridgehead atoms. The minimum atomic E-state index is -1.01. The van der Waals surface area contributed by atoms with Gasteiger partial charge >= 0.3 is 0 Å². The van der Waals surface area contributed by atoms with Crippen LogP contribution in [0.1, 0.15) is 69.6 Å². The van der Waals surface area contributed by atoms with E-state index in [0.717, 1.165) is 6.07 Å². The fourth-order valence-corrected chi connectivity index (χ4v) is 5.89. The van der Waals surface area contributed by atoms with Gasteiger partial charge in [-0.05, 0) is 54.8 Å². The van der Waals surface area contributed by atoms with Gasteiger partial charge in [-0.15, -0.1) is 0 Å². The second kappa shape index (κ2) is 11.1. The molecule has 10 heteroatoms. The molecule has 226 valence electrons. The van der Waals surface area contributed by atoms with Crippen LogP contribution >= 0.6 is 0 Å². The molecule has 3 unspecified atom stereocenters. The highest BCUT2D eigenvalue weighted by Gasteiger charge is 2.40. The summed E-state index contributed by atoms with van der Waals surface area (Å²) >= 11 is 0. The van der Waals surface area contributed by atoms with Gasteiger partial charge in [0.1, 0.15) is 63.8 Å². The molecule has 2 aliphatic rings. The third kappa shape index (κ3) is 5.09. The van der Waals surface area contributed by atoms with E-state index < -0.39 is 29.7 Å². The van der Waals surface area contributed by atoms with Crippen molar-refractivity contribution in [1.82, 2.24) is 0 Å². The van der Waals surface area contributed by atoms with Crippen LogP contribution in [0.15, 0.2) is 72.3 Å². The third-order valence-electron chi connectivity index (χ3n) is 8.06. The molecule has 0 radical (unpaired) electrons. The Bertz CT molecular complexity index is 1790. The summed E-state index contributed by atoms with van der Waals surface area (Å²) in [6, 6.07) is 14.8. The topological polar surface area (TPSA) is 177 Å². The molecule has 3 atom stereocenters. The molecule has 4 aromatic rings. The maximum absolute atomic E-state index is 13.4. The van der Waals surface area contributed by atoms with Crippen LogP contribution < -0.4 is 9.47 Å². The van der Waals surface area contributed by atoms with Crippen LogP contribution in [0, 0.1) is 0 Å². The second-order valence-corrected chi connectivity index (χ2v) is 11.1. The number of allylic oxidation sites excluding steroid dienone is 1. The number of fused-ring (bicyclic) bond motifs is 2. The van der Waals surface area contributed by atoms with E-state index in [9.17, 15) is 40.5 Å². The summed E-state index contributed by atoms with van der Waals surface area (Å²) in [5, 5.41) is 72.2. The van der Waals surface area contributed by atoms with Crippen LogP contribution in [0.3, 0.4) is 0 Å². The lowest BCUT2D eigenvalue weighted by Gasteiger charge is -2.29. The van der Waals surface area contributed by atoms with E-state index in [1.165, 1.54) is 36.4 Å². The van der Waals surface area contributed by atoms with Crippen molar-refractivity contribution in [2.45, 2.75) is 37.9 Å². The third-order valence-corrected chi connectivity index (χ3v) is 8.06.